The average molecular weight is 373 g/mol. The number of hydrogen-bond donors (Lipinski definition) is 1. The maximum Gasteiger partial charge on any atom is 0.416 e. The largest absolute Gasteiger partial charge is 0.416 e. The number of anilines is 1. The molecule has 1 heterocycles. The lowest BCUT2D eigenvalue weighted by Gasteiger charge is -2.37. The molecule has 0 atom stereocenters. The number of piperazine rings is 1. The maximum absolute atomic E-state index is 14.0. The second-order valence-corrected chi connectivity index (χ2v) is 7.56. The molecular weight excluding hydrogens is 346 g/mol. The Kier molecular flexibility index (Phi) is 6.07. The third-order valence-corrected chi connectivity index (χ3v) is 5.73. The highest BCUT2D eigenvalue weighted by atomic mass is 19.4. The van der Waals surface area contributed by atoms with Gasteiger partial charge in [-0.15, -0.1) is 0 Å². The van der Waals surface area contributed by atoms with Crippen LogP contribution in [0.5, 0.6) is 0 Å². The van der Waals surface area contributed by atoms with E-state index in [1.807, 2.05) is 0 Å². The number of alkyl halides is 3. The van der Waals surface area contributed by atoms with Gasteiger partial charge in [-0.05, 0) is 62.8 Å². The highest BCUT2D eigenvalue weighted by Crippen LogP contribution is 2.33. The first-order valence-corrected chi connectivity index (χ1v) is 9.42. The Labute approximate surface area is 152 Å². The van der Waals surface area contributed by atoms with Crippen molar-refractivity contribution in [2.24, 2.45) is 11.7 Å². The summed E-state index contributed by atoms with van der Waals surface area (Å²) in [7, 11) is 0. The Morgan fingerprint density at radius 1 is 1.00 bits per heavy atom. The summed E-state index contributed by atoms with van der Waals surface area (Å²) in [5.41, 5.74) is 5.20. The van der Waals surface area contributed by atoms with E-state index in [1.165, 1.54) is 12.8 Å². The number of benzene rings is 1. The van der Waals surface area contributed by atoms with E-state index < -0.39 is 17.6 Å². The van der Waals surface area contributed by atoms with Crippen LogP contribution in [0.1, 0.15) is 37.7 Å². The van der Waals surface area contributed by atoms with Crippen LogP contribution < -0.4 is 10.6 Å². The van der Waals surface area contributed by atoms with Crippen LogP contribution in [-0.2, 0) is 6.18 Å². The molecule has 1 aromatic carbocycles. The van der Waals surface area contributed by atoms with Gasteiger partial charge in [-0.3, -0.25) is 4.90 Å². The first-order chi connectivity index (χ1) is 12.3. The third-order valence-electron chi connectivity index (χ3n) is 5.73. The smallest absolute Gasteiger partial charge is 0.367 e. The second-order valence-electron chi connectivity index (χ2n) is 7.56. The van der Waals surface area contributed by atoms with Crippen LogP contribution in [0.4, 0.5) is 23.2 Å². The molecule has 0 spiro atoms. The minimum Gasteiger partial charge on any atom is -0.367 e. The summed E-state index contributed by atoms with van der Waals surface area (Å²) in [4.78, 5) is 4.05. The van der Waals surface area contributed by atoms with Gasteiger partial charge in [0.2, 0.25) is 0 Å². The Bertz CT molecular complexity index is 589. The predicted molar refractivity (Wildman–Crippen MR) is 94.6 cm³/mol. The summed E-state index contributed by atoms with van der Waals surface area (Å²) >= 11 is 0. The van der Waals surface area contributed by atoms with Crippen molar-refractivity contribution in [3.05, 3.63) is 29.6 Å². The lowest BCUT2D eigenvalue weighted by atomic mass is 9.84. The molecule has 0 radical (unpaired) electrons. The molecule has 3 rings (SSSR count). The number of rotatable bonds is 4. The van der Waals surface area contributed by atoms with Gasteiger partial charge in [0.25, 0.3) is 0 Å². The van der Waals surface area contributed by atoms with Gasteiger partial charge >= 0.3 is 6.18 Å². The van der Waals surface area contributed by atoms with Crippen molar-refractivity contribution in [3.63, 3.8) is 0 Å². The minimum absolute atomic E-state index is 0.0562. The highest BCUT2D eigenvalue weighted by Gasteiger charge is 2.32. The molecule has 1 aromatic rings. The molecule has 146 valence electrons. The van der Waals surface area contributed by atoms with Crippen LogP contribution in [0.2, 0.25) is 0 Å². The van der Waals surface area contributed by atoms with E-state index in [0.29, 0.717) is 19.1 Å². The summed E-state index contributed by atoms with van der Waals surface area (Å²) in [5, 5.41) is 0. The maximum atomic E-state index is 14.0. The second kappa shape index (κ2) is 8.13. The molecule has 1 aliphatic carbocycles. The molecule has 2 N–H and O–H groups in total. The number of nitrogens with two attached hydrogens (primary N) is 1. The molecular formula is C19H27F4N3. The molecule has 0 bridgehead atoms. The fourth-order valence-corrected chi connectivity index (χ4v) is 3.99. The lowest BCUT2D eigenvalue weighted by molar-refractivity contribution is -0.137. The van der Waals surface area contributed by atoms with Crippen molar-refractivity contribution in [1.29, 1.82) is 0 Å². The Hall–Kier alpha value is -1.34. The first-order valence-electron chi connectivity index (χ1n) is 9.42. The molecule has 2 fully saturated rings. The normalized spacial score (nSPS) is 25.5. The van der Waals surface area contributed by atoms with E-state index >= 15 is 0 Å². The van der Waals surface area contributed by atoms with E-state index in [0.717, 1.165) is 63.0 Å². The minimum atomic E-state index is -4.45. The van der Waals surface area contributed by atoms with Gasteiger partial charge in [0.15, 0.2) is 0 Å². The monoisotopic (exact) mass is 373 g/mol. The molecule has 1 saturated carbocycles. The zero-order valence-electron chi connectivity index (χ0n) is 14.9. The lowest BCUT2D eigenvalue weighted by Crippen LogP contribution is -2.47. The molecule has 1 saturated heterocycles. The quantitative estimate of drug-likeness (QED) is 0.813. The number of halogens is 4. The van der Waals surface area contributed by atoms with Gasteiger partial charge in [0, 0.05) is 32.2 Å². The van der Waals surface area contributed by atoms with Crippen molar-refractivity contribution in [1.82, 2.24) is 4.90 Å². The SMILES string of the molecule is NC1CCC(CCN2CCN(c3cc(C(F)(F)F)ccc3F)CC2)CC1. The van der Waals surface area contributed by atoms with Crippen LogP contribution >= 0.6 is 0 Å². The van der Waals surface area contributed by atoms with Crippen molar-refractivity contribution >= 4 is 5.69 Å². The first kappa shape index (κ1) is 19.4. The van der Waals surface area contributed by atoms with Crippen molar-refractivity contribution < 1.29 is 17.6 Å². The summed E-state index contributed by atoms with van der Waals surface area (Å²) in [6.45, 7) is 3.60. The molecule has 3 nitrogen and oxygen atoms in total. The van der Waals surface area contributed by atoms with Crippen LogP contribution in [0, 0.1) is 11.7 Å². The summed E-state index contributed by atoms with van der Waals surface area (Å²) in [6, 6.07) is 3.00. The van der Waals surface area contributed by atoms with Crippen LogP contribution in [-0.4, -0.2) is 43.7 Å². The van der Waals surface area contributed by atoms with Crippen LogP contribution in [0.15, 0.2) is 18.2 Å². The Morgan fingerprint density at radius 3 is 2.27 bits per heavy atom. The standard InChI is InChI=1S/C19H27F4N3/c20-17-6-3-15(19(21,22)23)13-18(17)26-11-9-25(10-12-26)8-7-14-1-4-16(24)5-2-14/h3,6,13-14,16H,1-2,4-5,7-12,24H2. The molecule has 0 amide bonds. The van der Waals surface area contributed by atoms with E-state index in [1.54, 1.807) is 4.90 Å². The fraction of sp³-hybridized carbons (Fsp3) is 0.684. The van der Waals surface area contributed by atoms with Gasteiger partial charge < -0.3 is 10.6 Å². The Morgan fingerprint density at radius 2 is 1.65 bits per heavy atom. The van der Waals surface area contributed by atoms with Crippen molar-refractivity contribution in [3.8, 4) is 0 Å². The van der Waals surface area contributed by atoms with E-state index in [-0.39, 0.29) is 5.69 Å². The van der Waals surface area contributed by atoms with Crippen molar-refractivity contribution in [2.45, 2.75) is 44.3 Å². The molecule has 0 aromatic heterocycles. The predicted octanol–water partition coefficient (Wildman–Crippen LogP) is 3.87. The number of nitrogens with zero attached hydrogens (tertiary/aromatic N) is 2. The molecule has 26 heavy (non-hydrogen) atoms. The van der Waals surface area contributed by atoms with Gasteiger partial charge in [0.1, 0.15) is 5.82 Å². The zero-order chi connectivity index (χ0) is 18.7. The van der Waals surface area contributed by atoms with Gasteiger partial charge in [-0.25, -0.2) is 4.39 Å². The van der Waals surface area contributed by atoms with Gasteiger partial charge in [0.05, 0.1) is 11.3 Å². The number of hydrogen-bond acceptors (Lipinski definition) is 3. The Balaban J connectivity index is 1.51. The average Bonchev–Trinajstić information content (AvgIpc) is 2.61. The third kappa shape index (κ3) is 4.88. The van der Waals surface area contributed by atoms with Gasteiger partial charge in [-0.2, -0.15) is 13.2 Å². The van der Waals surface area contributed by atoms with Crippen LogP contribution in [0.25, 0.3) is 0 Å². The topological polar surface area (TPSA) is 32.5 Å². The fourth-order valence-electron chi connectivity index (χ4n) is 3.99. The van der Waals surface area contributed by atoms with E-state index in [9.17, 15) is 17.6 Å². The van der Waals surface area contributed by atoms with E-state index in [2.05, 4.69) is 4.90 Å². The molecule has 2 aliphatic rings. The van der Waals surface area contributed by atoms with E-state index in [4.69, 9.17) is 5.73 Å². The highest BCUT2D eigenvalue weighted by molar-refractivity contribution is 5.51. The summed E-state index contributed by atoms with van der Waals surface area (Å²) in [6.07, 6.45) is 1.28. The van der Waals surface area contributed by atoms with Gasteiger partial charge in [-0.1, -0.05) is 0 Å². The zero-order valence-corrected chi connectivity index (χ0v) is 14.9. The van der Waals surface area contributed by atoms with Crippen LogP contribution in [0.3, 0.4) is 0 Å². The summed E-state index contributed by atoms with van der Waals surface area (Å²) < 4.78 is 52.6. The molecule has 7 heteroatoms. The molecule has 0 unspecified atom stereocenters. The molecule has 1 aliphatic heterocycles. The summed E-state index contributed by atoms with van der Waals surface area (Å²) in [5.74, 6) is 0.138. The van der Waals surface area contributed by atoms with Crippen molar-refractivity contribution in [2.75, 3.05) is 37.6 Å².